The van der Waals surface area contributed by atoms with Crippen LogP contribution in [0.1, 0.15) is 25.3 Å². The molecule has 4 amide bonds. The van der Waals surface area contributed by atoms with Gasteiger partial charge in [-0.1, -0.05) is 30.3 Å². The lowest BCUT2D eigenvalue weighted by atomic mass is 10.0. The lowest BCUT2D eigenvalue weighted by Gasteiger charge is -2.25. The van der Waals surface area contributed by atoms with Crippen LogP contribution in [0.5, 0.6) is 0 Å². The van der Waals surface area contributed by atoms with Gasteiger partial charge >= 0.3 is 11.9 Å². The first-order chi connectivity index (χ1) is 16.3. The van der Waals surface area contributed by atoms with E-state index in [4.69, 9.17) is 21.7 Å². The Morgan fingerprint density at radius 2 is 1.40 bits per heavy atom. The van der Waals surface area contributed by atoms with Crippen LogP contribution in [0.15, 0.2) is 30.3 Å². The molecule has 14 nitrogen and oxygen atoms in total. The van der Waals surface area contributed by atoms with Gasteiger partial charge in [-0.3, -0.25) is 24.0 Å². The summed E-state index contributed by atoms with van der Waals surface area (Å²) < 4.78 is 0. The molecule has 5 unspecified atom stereocenters. The number of carbonyl (C=O) groups excluding carboxylic acids is 4. The third-order valence-corrected chi connectivity index (χ3v) is 4.73. The van der Waals surface area contributed by atoms with Gasteiger partial charge in [-0.15, -0.1) is 0 Å². The number of nitrogens with one attached hydrogen (secondary N) is 3. The fourth-order valence-electron chi connectivity index (χ4n) is 2.95. The summed E-state index contributed by atoms with van der Waals surface area (Å²) in [6.45, 7) is 1.10. The summed E-state index contributed by atoms with van der Waals surface area (Å²) in [5.41, 5.74) is 11.2. The molecule has 0 aliphatic heterocycles. The Morgan fingerprint density at radius 3 is 1.89 bits per heavy atom. The van der Waals surface area contributed by atoms with E-state index in [9.17, 15) is 33.9 Å². The molecule has 10 N–H and O–H groups in total. The fraction of sp³-hybridized carbons (Fsp3) is 0.429. The second kappa shape index (κ2) is 13.6. The number of amides is 4. The fourth-order valence-corrected chi connectivity index (χ4v) is 2.95. The van der Waals surface area contributed by atoms with E-state index in [1.807, 2.05) is 5.32 Å². The minimum absolute atomic E-state index is 0.0887. The van der Waals surface area contributed by atoms with E-state index < -0.39 is 78.7 Å². The lowest BCUT2D eigenvalue weighted by Crippen LogP contribution is -2.59. The largest absolute Gasteiger partial charge is 0.481 e. The van der Waals surface area contributed by atoms with Crippen LogP contribution >= 0.6 is 0 Å². The quantitative estimate of drug-likeness (QED) is 0.128. The van der Waals surface area contributed by atoms with Crippen LogP contribution in [0.4, 0.5) is 0 Å². The number of nitrogens with two attached hydrogens (primary N) is 2. The van der Waals surface area contributed by atoms with Crippen LogP contribution in [-0.4, -0.2) is 81.2 Å². The highest BCUT2D eigenvalue weighted by Crippen LogP contribution is 2.06. The second-order valence-electron chi connectivity index (χ2n) is 7.75. The molecule has 14 heteroatoms. The number of primary amides is 1. The van der Waals surface area contributed by atoms with Gasteiger partial charge in [0.2, 0.25) is 23.6 Å². The molecule has 1 aromatic rings. The first kappa shape index (κ1) is 29.0. The van der Waals surface area contributed by atoms with Gasteiger partial charge in [-0.05, 0) is 12.5 Å². The van der Waals surface area contributed by atoms with Crippen molar-refractivity contribution in [3.63, 3.8) is 0 Å². The number of hydrogen-bond donors (Lipinski definition) is 8. The third kappa shape index (κ3) is 10.2. The summed E-state index contributed by atoms with van der Waals surface area (Å²) in [6.07, 6.45) is -3.02. The van der Waals surface area contributed by atoms with Gasteiger partial charge in [0, 0.05) is 6.42 Å². The van der Waals surface area contributed by atoms with Gasteiger partial charge in [0.25, 0.3) is 0 Å². The Bertz CT molecular complexity index is 938. The zero-order valence-corrected chi connectivity index (χ0v) is 18.8. The van der Waals surface area contributed by atoms with Gasteiger partial charge in [0.05, 0.1) is 25.0 Å². The van der Waals surface area contributed by atoms with E-state index in [2.05, 4.69) is 10.6 Å². The van der Waals surface area contributed by atoms with Crippen LogP contribution in [0, 0.1) is 0 Å². The number of aliphatic carboxylic acids is 2. The van der Waals surface area contributed by atoms with Crippen molar-refractivity contribution in [3.05, 3.63) is 35.9 Å². The van der Waals surface area contributed by atoms with E-state index in [-0.39, 0.29) is 6.42 Å². The van der Waals surface area contributed by atoms with Crippen molar-refractivity contribution < 1.29 is 44.1 Å². The smallest absolute Gasteiger partial charge is 0.328 e. The highest BCUT2D eigenvalue weighted by Gasteiger charge is 2.33. The summed E-state index contributed by atoms with van der Waals surface area (Å²) in [5, 5.41) is 34.3. The molecule has 5 atom stereocenters. The van der Waals surface area contributed by atoms with E-state index in [1.54, 1.807) is 30.3 Å². The van der Waals surface area contributed by atoms with Gasteiger partial charge in [-0.25, -0.2) is 4.79 Å². The average molecular weight is 495 g/mol. The number of carboxylic acid groups (broad SMARTS) is 2. The number of carbonyl (C=O) groups is 6. The standard InChI is InChI=1S/C21H29N5O9/c1-10(27)17(21(34)35)26-20(33)14(9-16(29)30)25-19(32)13(7-11-5-3-2-4-6-11)24-18(31)12(22)8-15(23)28/h2-6,10,12-14,17,27H,7-9,22H2,1H3,(H2,23,28)(H,24,31)(H,25,32)(H,26,33)(H,29,30)(H,34,35). The van der Waals surface area contributed by atoms with Crippen molar-refractivity contribution in [1.82, 2.24) is 16.0 Å². The number of hydrogen-bond acceptors (Lipinski definition) is 8. The molecular formula is C21H29N5O9. The molecular weight excluding hydrogens is 466 g/mol. The van der Waals surface area contributed by atoms with E-state index in [0.29, 0.717) is 5.56 Å². The zero-order valence-electron chi connectivity index (χ0n) is 18.8. The maximum absolute atomic E-state index is 13.0. The van der Waals surface area contributed by atoms with Gasteiger partial charge in [0.1, 0.15) is 12.1 Å². The molecule has 0 aliphatic carbocycles. The number of aliphatic hydroxyl groups is 1. The Kier molecular flexibility index (Phi) is 11.3. The Balaban J connectivity index is 3.12. The molecule has 0 heterocycles. The normalized spacial score (nSPS) is 14.9. The minimum atomic E-state index is -1.76. The molecule has 0 aliphatic rings. The van der Waals surface area contributed by atoms with Crippen molar-refractivity contribution >= 4 is 35.6 Å². The minimum Gasteiger partial charge on any atom is -0.481 e. The molecule has 0 radical (unpaired) electrons. The summed E-state index contributed by atoms with van der Waals surface area (Å²) in [5.74, 6) is -6.95. The van der Waals surface area contributed by atoms with Crippen LogP contribution in [0.2, 0.25) is 0 Å². The highest BCUT2D eigenvalue weighted by molar-refractivity contribution is 5.96. The summed E-state index contributed by atoms with van der Waals surface area (Å²) >= 11 is 0. The van der Waals surface area contributed by atoms with Crippen molar-refractivity contribution in [2.45, 2.75) is 56.5 Å². The van der Waals surface area contributed by atoms with Crippen molar-refractivity contribution in [3.8, 4) is 0 Å². The van der Waals surface area contributed by atoms with E-state index in [1.165, 1.54) is 0 Å². The SMILES string of the molecule is CC(O)C(NC(=O)C(CC(=O)O)NC(=O)C(Cc1ccccc1)NC(=O)C(N)CC(N)=O)C(=O)O. The molecule has 1 rings (SSSR count). The summed E-state index contributed by atoms with van der Waals surface area (Å²) in [7, 11) is 0. The third-order valence-electron chi connectivity index (χ3n) is 4.73. The molecule has 0 aromatic heterocycles. The number of carboxylic acids is 2. The molecule has 0 saturated heterocycles. The highest BCUT2D eigenvalue weighted by atomic mass is 16.4. The van der Waals surface area contributed by atoms with Crippen molar-refractivity contribution in [2.24, 2.45) is 11.5 Å². The number of benzene rings is 1. The average Bonchev–Trinajstić information content (AvgIpc) is 2.75. The molecule has 0 spiro atoms. The Hall–Kier alpha value is -4.04. The Morgan fingerprint density at radius 1 is 0.857 bits per heavy atom. The van der Waals surface area contributed by atoms with E-state index in [0.717, 1.165) is 6.92 Å². The van der Waals surface area contributed by atoms with Crippen LogP contribution in [0.3, 0.4) is 0 Å². The molecule has 0 saturated carbocycles. The first-order valence-corrected chi connectivity index (χ1v) is 10.4. The summed E-state index contributed by atoms with van der Waals surface area (Å²) in [4.78, 5) is 71.5. The molecule has 0 fully saturated rings. The van der Waals surface area contributed by atoms with Crippen LogP contribution in [0.25, 0.3) is 0 Å². The molecule has 192 valence electrons. The van der Waals surface area contributed by atoms with Crippen LogP contribution < -0.4 is 27.4 Å². The first-order valence-electron chi connectivity index (χ1n) is 10.4. The van der Waals surface area contributed by atoms with Crippen LogP contribution in [-0.2, 0) is 35.2 Å². The summed E-state index contributed by atoms with van der Waals surface area (Å²) in [6, 6.07) is 2.15. The predicted molar refractivity (Wildman–Crippen MR) is 119 cm³/mol. The van der Waals surface area contributed by atoms with Crippen molar-refractivity contribution in [2.75, 3.05) is 0 Å². The van der Waals surface area contributed by atoms with Crippen molar-refractivity contribution in [1.29, 1.82) is 0 Å². The van der Waals surface area contributed by atoms with Gasteiger partial charge in [0.15, 0.2) is 6.04 Å². The van der Waals surface area contributed by atoms with Gasteiger partial charge < -0.3 is 42.7 Å². The molecule has 0 bridgehead atoms. The molecule has 1 aromatic carbocycles. The zero-order chi connectivity index (χ0) is 26.7. The topological polar surface area (TPSA) is 251 Å². The predicted octanol–water partition coefficient (Wildman–Crippen LogP) is -3.17. The monoisotopic (exact) mass is 495 g/mol. The Labute approximate surface area is 200 Å². The number of aliphatic hydroxyl groups excluding tert-OH is 1. The number of rotatable bonds is 14. The van der Waals surface area contributed by atoms with E-state index >= 15 is 0 Å². The van der Waals surface area contributed by atoms with Gasteiger partial charge in [-0.2, -0.15) is 0 Å². The second-order valence-corrected chi connectivity index (χ2v) is 7.75. The molecule has 35 heavy (non-hydrogen) atoms. The maximum atomic E-state index is 13.0. The lowest BCUT2D eigenvalue weighted by molar-refractivity contribution is -0.146. The maximum Gasteiger partial charge on any atom is 0.328 e.